The highest BCUT2D eigenvalue weighted by Gasteiger charge is 2.17. The second-order valence-electron chi connectivity index (χ2n) is 4.23. The molecule has 6 nitrogen and oxygen atoms in total. The van der Waals surface area contributed by atoms with Gasteiger partial charge in [-0.15, -0.1) is 0 Å². The van der Waals surface area contributed by atoms with Gasteiger partial charge >= 0.3 is 5.97 Å². The summed E-state index contributed by atoms with van der Waals surface area (Å²) in [6.07, 6.45) is 0.458. The first-order chi connectivity index (χ1) is 8.95. The van der Waals surface area contributed by atoms with E-state index < -0.39 is 5.97 Å². The molecular formula is C13H18N2O4. The third-order valence-corrected chi connectivity index (χ3v) is 2.65. The predicted octanol–water partition coefficient (Wildman–Crippen LogP) is 1.34. The zero-order valence-corrected chi connectivity index (χ0v) is 11.3. The van der Waals surface area contributed by atoms with Crippen molar-refractivity contribution in [3.8, 4) is 5.88 Å². The number of carbonyl (C=O) groups is 2. The number of aromatic nitrogens is 1. The standard InChI is InChI=1S/C13H18N2O4/c1-9-6-7-10(12(14-9)19-3)13(18)15(2)8-4-5-11(16)17/h6-7H,4-5,8H2,1-3H3,(H,16,17). The summed E-state index contributed by atoms with van der Waals surface area (Å²) in [5, 5.41) is 8.56. The van der Waals surface area contributed by atoms with Crippen LogP contribution < -0.4 is 4.74 Å². The molecule has 0 aliphatic rings. The predicted molar refractivity (Wildman–Crippen MR) is 69.4 cm³/mol. The molecule has 0 saturated carbocycles. The molecule has 0 aliphatic carbocycles. The van der Waals surface area contributed by atoms with Gasteiger partial charge in [-0.1, -0.05) is 0 Å². The average molecular weight is 266 g/mol. The molecular weight excluding hydrogens is 248 g/mol. The molecule has 6 heteroatoms. The molecule has 0 unspecified atom stereocenters. The monoisotopic (exact) mass is 266 g/mol. The van der Waals surface area contributed by atoms with Gasteiger partial charge in [-0.2, -0.15) is 0 Å². The SMILES string of the molecule is COc1nc(C)ccc1C(=O)N(C)CCCC(=O)O. The van der Waals surface area contributed by atoms with Crippen molar-refractivity contribution in [2.24, 2.45) is 0 Å². The van der Waals surface area contributed by atoms with Crippen molar-refractivity contribution in [3.05, 3.63) is 23.4 Å². The van der Waals surface area contributed by atoms with Crippen LogP contribution in [0, 0.1) is 6.92 Å². The highest BCUT2D eigenvalue weighted by Crippen LogP contribution is 2.17. The Labute approximate surface area is 112 Å². The Morgan fingerprint density at radius 2 is 2.11 bits per heavy atom. The zero-order valence-electron chi connectivity index (χ0n) is 11.3. The first-order valence-electron chi connectivity index (χ1n) is 5.94. The zero-order chi connectivity index (χ0) is 14.4. The van der Waals surface area contributed by atoms with Gasteiger partial charge in [-0.3, -0.25) is 9.59 Å². The van der Waals surface area contributed by atoms with E-state index in [9.17, 15) is 9.59 Å². The Kier molecular flexibility index (Phi) is 5.29. The van der Waals surface area contributed by atoms with Crippen LogP contribution in [0.4, 0.5) is 0 Å². The fraction of sp³-hybridized carbons (Fsp3) is 0.462. The summed E-state index contributed by atoms with van der Waals surface area (Å²) in [5.41, 5.74) is 1.15. The van der Waals surface area contributed by atoms with Crippen LogP contribution in [0.15, 0.2) is 12.1 Å². The molecule has 1 amide bonds. The Bertz CT molecular complexity index is 474. The number of nitrogens with zero attached hydrogens (tertiary/aromatic N) is 2. The van der Waals surface area contributed by atoms with Gasteiger partial charge in [0.05, 0.1) is 7.11 Å². The molecule has 0 saturated heterocycles. The highest BCUT2D eigenvalue weighted by atomic mass is 16.5. The third-order valence-electron chi connectivity index (χ3n) is 2.65. The van der Waals surface area contributed by atoms with Crippen LogP contribution in [0.1, 0.15) is 28.9 Å². The quantitative estimate of drug-likeness (QED) is 0.840. The lowest BCUT2D eigenvalue weighted by Gasteiger charge is -2.17. The fourth-order valence-corrected chi connectivity index (χ4v) is 1.63. The number of amides is 1. The summed E-state index contributed by atoms with van der Waals surface area (Å²) < 4.78 is 5.09. The van der Waals surface area contributed by atoms with Crippen LogP contribution in [0.2, 0.25) is 0 Å². The van der Waals surface area contributed by atoms with Crippen LogP contribution in [0.5, 0.6) is 5.88 Å². The molecule has 0 atom stereocenters. The van der Waals surface area contributed by atoms with E-state index >= 15 is 0 Å². The van der Waals surface area contributed by atoms with Crippen molar-refractivity contribution in [3.63, 3.8) is 0 Å². The maximum absolute atomic E-state index is 12.2. The fourth-order valence-electron chi connectivity index (χ4n) is 1.63. The largest absolute Gasteiger partial charge is 0.481 e. The van der Waals surface area contributed by atoms with E-state index in [2.05, 4.69) is 4.98 Å². The summed E-state index contributed by atoms with van der Waals surface area (Å²) in [5.74, 6) is -0.805. The third kappa shape index (κ3) is 4.24. The minimum atomic E-state index is -0.865. The second kappa shape index (κ2) is 6.72. The summed E-state index contributed by atoms with van der Waals surface area (Å²) >= 11 is 0. The Morgan fingerprint density at radius 1 is 1.42 bits per heavy atom. The smallest absolute Gasteiger partial charge is 0.303 e. The molecule has 1 N–H and O–H groups in total. The van der Waals surface area contributed by atoms with Crippen molar-refractivity contribution in [1.29, 1.82) is 0 Å². The molecule has 0 fully saturated rings. The number of carboxylic acids is 1. The van der Waals surface area contributed by atoms with E-state index in [1.54, 1.807) is 19.2 Å². The summed E-state index contributed by atoms with van der Waals surface area (Å²) in [7, 11) is 3.09. The van der Waals surface area contributed by atoms with Crippen molar-refractivity contribution in [2.45, 2.75) is 19.8 Å². The van der Waals surface area contributed by atoms with Crippen LogP contribution in [-0.4, -0.2) is 47.6 Å². The van der Waals surface area contributed by atoms with Crippen molar-refractivity contribution >= 4 is 11.9 Å². The van der Waals surface area contributed by atoms with Crippen LogP contribution in [0.25, 0.3) is 0 Å². The number of hydrogen-bond donors (Lipinski definition) is 1. The first kappa shape index (κ1) is 14.9. The molecule has 0 aromatic carbocycles. The van der Waals surface area contributed by atoms with Gasteiger partial charge in [0.2, 0.25) is 5.88 Å². The normalized spacial score (nSPS) is 10.1. The molecule has 1 heterocycles. The molecule has 19 heavy (non-hydrogen) atoms. The number of methoxy groups -OCH3 is 1. The average Bonchev–Trinajstić information content (AvgIpc) is 2.37. The lowest BCUT2D eigenvalue weighted by atomic mass is 10.2. The topological polar surface area (TPSA) is 79.7 Å². The lowest BCUT2D eigenvalue weighted by molar-refractivity contribution is -0.137. The van der Waals surface area contributed by atoms with Gasteiger partial charge in [0, 0.05) is 25.7 Å². The molecule has 0 bridgehead atoms. The molecule has 0 spiro atoms. The summed E-state index contributed by atoms with van der Waals surface area (Å²) in [6, 6.07) is 3.40. The van der Waals surface area contributed by atoms with Gasteiger partial charge in [0.1, 0.15) is 5.56 Å². The number of aryl methyl sites for hydroxylation is 1. The van der Waals surface area contributed by atoms with Crippen molar-refractivity contribution < 1.29 is 19.4 Å². The Hall–Kier alpha value is -2.11. The number of hydrogen-bond acceptors (Lipinski definition) is 4. The number of aliphatic carboxylic acids is 1. The highest BCUT2D eigenvalue weighted by molar-refractivity contribution is 5.96. The maximum Gasteiger partial charge on any atom is 0.303 e. The summed E-state index contributed by atoms with van der Waals surface area (Å²) in [6.45, 7) is 2.19. The van der Waals surface area contributed by atoms with Crippen LogP contribution in [0.3, 0.4) is 0 Å². The lowest BCUT2D eigenvalue weighted by Crippen LogP contribution is -2.28. The summed E-state index contributed by atoms with van der Waals surface area (Å²) in [4.78, 5) is 28.2. The van der Waals surface area contributed by atoms with Crippen LogP contribution >= 0.6 is 0 Å². The minimum absolute atomic E-state index is 0.0426. The van der Waals surface area contributed by atoms with Gasteiger partial charge < -0.3 is 14.7 Å². The van der Waals surface area contributed by atoms with Gasteiger partial charge in [-0.25, -0.2) is 4.98 Å². The molecule has 104 valence electrons. The number of pyridine rings is 1. The van der Waals surface area contributed by atoms with E-state index in [-0.39, 0.29) is 18.2 Å². The van der Waals surface area contributed by atoms with Gasteiger partial charge in [-0.05, 0) is 25.5 Å². The Morgan fingerprint density at radius 3 is 2.68 bits per heavy atom. The first-order valence-corrected chi connectivity index (χ1v) is 5.94. The van der Waals surface area contributed by atoms with Crippen LogP contribution in [-0.2, 0) is 4.79 Å². The number of carboxylic acid groups (broad SMARTS) is 1. The molecule has 0 radical (unpaired) electrons. The number of rotatable bonds is 6. The van der Waals surface area contributed by atoms with E-state index in [1.807, 2.05) is 6.92 Å². The molecule has 0 aliphatic heterocycles. The second-order valence-corrected chi connectivity index (χ2v) is 4.23. The van der Waals surface area contributed by atoms with E-state index in [0.29, 0.717) is 18.5 Å². The number of ether oxygens (including phenoxy) is 1. The number of carbonyl (C=O) groups excluding carboxylic acids is 1. The Balaban J connectivity index is 2.73. The van der Waals surface area contributed by atoms with Crippen molar-refractivity contribution in [2.75, 3.05) is 20.7 Å². The van der Waals surface area contributed by atoms with E-state index in [4.69, 9.17) is 9.84 Å². The van der Waals surface area contributed by atoms with E-state index in [1.165, 1.54) is 12.0 Å². The van der Waals surface area contributed by atoms with Gasteiger partial charge in [0.25, 0.3) is 5.91 Å². The van der Waals surface area contributed by atoms with E-state index in [0.717, 1.165) is 5.69 Å². The maximum atomic E-state index is 12.2. The molecule has 1 aromatic rings. The minimum Gasteiger partial charge on any atom is -0.481 e. The van der Waals surface area contributed by atoms with Crippen molar-refractivity contribution in [1.82, 2.24) is 9.88 Å². The molecule has 1 aromatic heterocycles. The molecule has 1 rings (SSSR count). The van der Waals surface area contributed by atoms with Gasteiger partial charge in [0.15, 0.2) is 0 Å².